The van der Waals surface area contributed by atoms with Crippen molar-refractivity contribution >= 4 is 0 Å². The highest BCUT2D eigenvalue weighted by atomic mass is 16.5. The van der Waals surface area contributed by atoms with Crippen molar-refractivity contribution in [2.45, 2.75) is 45.6 Å². The van der Waals surface area contributed by atoms with E-state index in [9.17, 15) is 0 Å². The van der Waals surface area contributed by atoms with Crippen molar-refractivity contribution in [1.29, 1.82) is 0 Å². The van der Waals surface area contributed by atoms with E-state index in [0.29, 0.717) is 12.5 Å². The summed E-state index contributed by atoms with van der Waals surface area (Å²) in [6.45, 7) is 8.09. The number of hydrogen-bond acceptors (Lipinski definition) is 2. The minimum Gasteiger partial charge on any atom is -0.374 e. The van der Waals surface area contributed by atoms with Crippen LogP contribution in [0.25, 0.3) is 0 Å². The Balaban J connectivity index is 2.67. The van der Waals surface area contributed by atoms with Crippen LogP contribution in [0.4, 0.5) is 0 Å². The van der Waals surface area contributed by atoms with E-state index >= 15 is 0 Å². The van der Waals surface area contributed by atoms with Gasteiger partial charge in [-0.05, 0) is 31.6 Å². The first kappa shape index (κ1) is 11.0. The molecule has 0 bridgehead atoms. The average Bonchev–Trinajstić information content (AvgIpc) is 2.12. The lowest BCUT2D eigenvalue weighted by molar-refractivity contribution is -0.103. The quantitative estimate of drug-likeness (QED) is 0.731. The molecule has 1 fully saturated rings. The van der Waals surface area contributed by atoms with Crippen LogP contribution in [0.1, 0.15) is 40.0 Å². The van der Waals surface area contributed by atoms with Gasteiger partial charge in [-0.3, -0.25) is 0 Å². The van der Waals surface area contributed by atoms with Gasteiger partial charge in [-0.2, -0.15) is 0 Å². The van der Waals surface area contributed by atoms with Gasteiger partial charge in [-0.1, -0.05) is 20.3 Å². The van der Waals surface area contributed by atoms with Crippen LogP contribution >= 0.6 is 0 Å². The summed E-state index contributed by atoms with van der Waals surface area (Å²) in [5.74, 6) is 1.39. The van der Waals surface area contributed by atoms with Crippen LogP contribution in [-0.4, -0.2) is 18.8 Å². The second-order valence-corrected chi connectivity index (χ2v) is 4.49. The average molecular weight is 185 g/mol. The van der Waals surface area contributed by atoms with Gasteiger partial charge in [0.2, 0.25) is 0 Å². The molecule has 0 aromatic heterocycles. The Morgan fingerprint density at radius 3 is 2.62 bits per heavy atom. The monoisotopic (exact) mass is 185 g/mol. The third-order valence-electron chi connectivity index (χ3n) is 3.46. The second-order valence-electron chi connectivity index (χ2n) is 4.49. The first-order valence-electron chi connectivity index (χ1n) is 5.48. The number of nitrogens with two attached hydrogens (primary N) is 1. The third-order valence-corrected chi connectivity index (χ3v) is 3.46. The number of rotatable bonds is 3. The predicted octanol–water partition coefficient (Wildman–Crippen LogP) is 2.18. The summed E-state index contributed by atoms with van der Waals surface area (Å²) in [6, 6.07) is 0. The van der Waals surface area contributed by atoms with Crippen molar-refractivity contribution in [2.75, 3.05) is 13.2 Å². The lowest BCUT2D eigenvalue weighted by Gasteiger charge is -2.44. The molecule has 1 saturated carbocycles. The van der Waals surface area contributed by atoms with Gasteiger partial charge in [0.05, 0.1) is 5.60 Å². The second kappa shape index (κ2) is 4.43. The Morgan fingerprint density at radius 1 is 1.38 bits per heavy atom. The van der Waals surface area contributed by atoms with E-state index in [1.54, 1.807) is 0 Å². The van der Waals surface area contributed by atoms with E-state index in [1.807, 2.05) is 0 Å². The molecule has 0 aliphatic heterocycles. The molecule has 0 amide bonds. The van der Waals surface area contributed by atoms with Crippen LogP contribution in [0.3, 0.4) is 0 Å². The minimum absolute atomic E-state index is 0.0214. The first-order valence-corrected chi connectivity index (χ1v) is 5.48. The Morgan fingerprint density at radius 2 is 2.08 bits per heavy atom. The predicted molar refractivity (Wildman–Crippen MR) is 55.6 cm³/mol. The van der Waals surface area contributed by atoms with Crippen molar-refractivity contribution in [2.24, 2.45) is 17.6 Å². The lowest BCUT2D eigenvalue weighted by atomic mass is 9.72. The standard InChI is InChI=1S/C11H23NO/c1-4-13-11(8-12)7-9(2)5-6-10(11)3/h9-10H,4-8,12H2,1-3H3. The summed E-state index contributed by atoms with van der Waals surface area (Å²) < 4.78 is 5.88. The fraction of sp³-hybridized carbons (Fsp3) is 1.00. The molecule has 13 heavy (non-hydrogen) atoms. The van der Waals surface area contributed by atoms with Crippen LogP contribution in [0.2, 0.25) is 0 Å². The maximum Gasteiger partial charge on any atom is 0.0831 e. The largest absolute Gasteiger partial charge is 0.374 e. The van der Waals surface area contributed by atoms with E-state index in [4.69, 9.17) is 10.5 Å². The maximum atomic E-state index is 5.88. The molecule has 2 nitrogen and oxygen atoms in total. The van der Waals surface area contributed by atoms with Crippen molar-refractivity contribution < 1.29 is 4.74 Å². The Labute approximate surface area is 81.8 Å². The summed E-state index contributed by atoms with van der Waals surface area (Å²) in [4.78, 5) is 0. The summed E-state index contributed by atoms with van der Waals surface area (Å²) in [7, 11) is 0. The van der Waals surface area contributed by atoms with Crippen molar-refractivity contribution in [3.8, 4) is 0 Å². The minimum atomic E-state index is -0.0214. The van der Waals surface area contributed by atoms with Crippen LogP contribution < -0.4 is 5.73 Å². The molecule has 78 valence electrons. The molecule has 0 radical (unpaired) electrons. The van der Waals surface area contributed by atoms with E-state index < -0.39 is 0 Å². The lowest BCUT2D eigenvalue weighted by Crippen LogP contribution is -2.50. The van der Waals surface area contributed by atoms with E-state index in [-0.39, 0.29) is 5.60 Å². The fourth-order valence-electron chi connectivity index (χ4n) is 2.52. The molecule has 0 saturated heterocycles. The van der Waals surface area contributed by atoms with Gasteiger partial charge in [0, 0.05) is 13.2 Å². The zero-order valence-corrected chi connectivity index (χ0v) is 9.18. The Bertz CT molecular complexity index is 160. The molecule has 0 spiro atoms. The molecule has 0 heterocycles. The molecule has 3 unspecified atom stereocenters. The molecule has 2 N–H and O–H groups in total. The molecular formula is C11H23NO. The zero-order valence-electron chi connectivity index (χ0n) is 9.18. The molecule has 1 aliphatic carbocycles. The summed E-state index contributed by atoms with van der Waals surface area (Å²) >= 11 is 0. The summed E-state index contributed by atoms with van der Waals surface area (Å²) in [5.41, 5.74) is 5.83. The Hall–Kier alpha value is -0.0800. The van der Waals surface area contributed by atoms with Crippen LogP contribution in [0, 0.1) is 11.8 Å². The molecular weight excluding hydrogens is 162 g/mol. The molecule has 3 atom stereocenters. The maximum absolute atomic E-state index is 5.88. The molecule has 1 aliphatic rings. The van der Waals surface area contributed by atoms with Gasteiger partial charge in [0.1, 0.15) is 0 Å². The van der Waals surface area contributed by atoms with E-state index in [1.165, 1.54) is 12.8 Å². The van der Waals surface area contributed by atoms with Gasteiger partial charge in [0.25, 0.3) is 0 Å². The topological polar surface area (TPSA) is 35.2 Å². The summed E-state index contributed by atoms with van der Waals surface area (Å²) in [6.07, 6.45) is 3.73. The van der Waals surface area contributed by atoms with Gasteiger partial charge < -0.3 is 10.5 Å². The van der Waals surface area contributed by atoms with Crippen molar-refractivity contribution in [1.82, 2.24) is 0 Å². The fourth-order valence-corrected chi connectivity index (χ4v) is 2.52. The van der Waals surface area contributed by atoms with Crippen LogP contribution in [0.15, 0.2) is 0 Å². The highest BCUT2D eigenvalue weighted by Gasteiger charge is 2.40. The van der Waals surface area contributed by atoms with Gasteiger partial charge >= 0.3 is 0 Å². The van der Waals surface area contributed by atoms with Gasteiger partial charge in [0.15, 0.2) is 0 Å². The molecule has 1 rings (SSSR count). The highest BCUT2D eigenvalue weighted by Crippen LogP contribution is 2.38. The number of ether oxygens (including phenoxy) is 1. The smallest absolute Gasteiger partial charge is 0.0831 e. The van der Waals surface area contributed by atoms with Crippen LogP contribution in [0.5, 0.6) is 0 Å². The Kier molecular flexibility index (Phi) is 3.74. The SMILES string of the molecule is CCOC1(CN)CC(C)CCC1C. The van der Waals surface area contributed by atoms with Crippen LogP contribution in [-0.2, 0) is 4.74 Å². The highest BCUT2D eigenvalue weighted by molar-refractivity contribution is 4.92. The number of hydrogen-bond donors (Lipinski definition) is 1. The van der Waals surface area contributed by atoms with Gasteiger partial charge in [-0.25, -0.2) is 0 Å². The van der Waals surface area contributed by atoms with E-state index in [2.05, 4.69) is 20.8 Å². The van der Waals surface area contributed by atoms with Crippen molar-refractivity contribution in [3.63, 3.8) is 0 Å². The molecule has 0 aromatic rings. The van der Waals surface area contributed by atoms with Gasteiger partial charge in [-0.15, -0.1) is 0 Å². The molecule has 0 aromatic carbocycles. The van der Waals surface area contributed by atoms with Crippen molar-refractivity contribution in [3.05, 3.63) is 0 Å². The normalized spacial score (nSPS) is 40.6. The van der Waals surface area contributed by atoms with E-state index in [0.717, 1.165) is 18.9 Å². The summed E-state index contributed by atoms with van der Waals surface area (Å²) in [5, 5.41) is 0. The first-order chi connectivity index (χ1) is 6.14. The third kappa shape index (κ3) is 2.23. The zero-order chi connectivity index (χ0) is 9.90. The molecule has 2 heteroatoms.